The van der Waals surface area contributed by atoms with Gasteiger partial charge in [-0.2, -0.15) is 0 Å². The van der Waals surface area contributed by atoms with Crippen molar-refractivity contribution in [3.63, 3.8) is 0 Å². The molecule has 1 amide bonds. The predicted molar refractivity (Wildman–Crippen MR) is 108 cm³/mol. The maximum Gasteiger partial charge on any atom is 0.261 e. The fourth-order valence-electron chi connectivity index (χ4n) is 2.38. The van der Waals surface area contributed by atoms with Gasteiger partial charge in [-0.05, 0) is 67.8 Å². The number of methoxy groups -OCH3 is 1. The van der Waals surface area contributed by atoms with Crippen molar-refractivity contribution in [2.45, 2.75) is 25.2 Å². The zero-order valence-electron chi connectivity index (χ0n) is 16.3. The van der Waals surface area contributed by atoms with Crippen LogP contribution in [0.5, 0.6) is 5.75 Å². The minimum absolute atomic E-state index is 0.113. The second-order valence-corrected chi connectivity index (χ2v) is 8.04. The lowest BCUT2D eigenvalue weighted by atomic mass is 10.1. The molecule has 8 heteroatoms. The molecule has 0 fully saturated rings. The number of anilines is 1. The van der Waals surface area contributed by atoms with Crippen molar-refractivity contribution in [1.29, 1.82) is 0 Å². The number of carbonyl (C=O) groups excluding carboxylic acids is 1. The van der Waals surface area contributed by atoms with Crippen LogP contribution in [0.25, 0.3) is 0 Å². The highest BCUT2D eigenvalue weighted by molar-refractivity contribution is 7.92. The Balaban J connectivity index is 1.91. The molecule has 0 radical (unpaired) electrons. The number of benzene rings is 2. The molecule has 0 spiro atoms. The molecule has 2 N–H and O–H groups in total. The number of hydrogen-bond donors (Lipinski definition) is 2. The third kappa shape index (κ3) is 6.54. The number of rotatable bonds is 10. The Kier molecular flexibility index (Phi) is 7.83. The molecular weight excluding hydrogens is 380 g/mol. The zero-order valence-corrected chi connectivity index (χ0v) is 17.1. The lowest BCUT2D eigenvalue weighted by molar-refractivity contribution is -0.123. The highest BCUT2D eigenvalue weighted by Crippen LogP contribution is 2.21. The van der Waals surface area contributed by atoms with Gasteiger partial charge in [-0.15, -0.1) is 0 Å². The summed E-state index contributed by atoms with van der Waals surface area (Å²) in [6.45, 7) is 4.84. The van der Waals surface area contributed by atoms with E-state index in [1.165, 1.54) is 24.3 Å². The highest BCUT2D eigenvalue weighted by atomic mass is 32.2. The Morgan fingerprint density at radius 3 is 2.39 bits per heavy atom. The first-order valence-electron chi connectivity index (χ1n) is 8.90. The van der Waals surface area contributed by atoms with Gasteiger partial charge in [0.15, 0.2) is 6.61 Å². The normalized spacial score (nSPS) is 11.1. The van der Waals surface area contributed by atoms with Crippen molar-refractivity contribution in [1.82, 2.24) is 5.32 Å². The van der Waals surface area contributed by atoms with E-state index in [0.717, 1.165) is 17.5 Å². The number of amides is 1. The second kappa shape index (κ2) is 10.1. The van der Waals surface area contributed by atoms with Crippen LogP contribution < -0.4 is 14.8 Å². The minimum Gasteiger partial charge on any atom is -0.484 e. The van der Waals surface area contributed by atoms with E-state index in [9.17, 15) is 13.2 Å². The first-order chi connectivity index (χ1) is 13.3. The molecule has 0 aromatic heterocycles. The largest absolute Gasteiger partial charge is 0.484 e. The summed E-state index contributed by atoms with van der Waals surface area (Å²) in [5.41, 5.74) is 2.60. The Bertz CT molecular complexity index is 895. The molecule has 7 nitrogen and oxygen atoms in total. The van der Waals surface area contributed by atoms with Gasteiger partial charge < -0.3 is 14.8 Å². The van der Waals surface area contributed by atoms with Crippen LogP contribution in [-0.2, 0) is 19.6 Å². The first kappa shape index (κ1) is 21.7. The SMILES string of the molecule is COCCCNC(=O)COc1ccc(S(=O)(=O)Nc2ccc(C)c(C)c2)cc1. The summed E-state index contributed by atoms with van der Waals surface area (Å²) >= 11 is 0. The van der Waals surface area contributed by atoms with E-state index in [1.54, 1.807) is 19.2 Å². The van der Waals surface area contributed by atoms with Gasteiger partial charge in [-0.3, -0.25) is 9.52 Å². The number of carbonyl (C=O) groups is 1. The molecule has 0 saturated heterocycles. The van der Waals surface area contributed by atoms with Crippen molar-refractivity contribution < 1.29 is 22.7 Å². The quantitative estimate of drug-likeness (QED) is 0.592. The third-order valence-electron chi connectivity index (χ3n) is 4.11. The summed E-state index contributed by atoms with van der Waals surface area (Å²) in [7, 11) is -2.10. The zero-order chi connectivity index (χ0) is 20.6. The number of hydrogen-bond acceptors (Lipinski definition) is 5. The molecule has 0 saturated carbocycles. The summed E-state index contributed by atoms with van der Waals surface area (Å²) in [5.74, 6) is 0.168. The summed E-state index contributed by atoms with van der Waals surface area (Å²) in [5, 5.41) is 2.71. The van der Waals surface area contributed by atoms with E-state index < -0.39 is 10.0 Å². The molecule has 0 bridgehead atoms. The Morgan fingerprint density at radius 2 is 1.75 bits per heavy atom. The highest BCUT2D eigenvalue weighted by Gasteiger charge is 2.14. The fraction of sp³-hybridized carbons (Fsp3) is 0.350. The maximum atomic E-state index is 12.5. The first-order valence-corrected chi connectivity index (χ1v) is 10.4. The lowest BCUT2D eigenvalue weighted by Crippen LogP contribution is -2.30. The average molecular weight is 407 g/mol. The molecule has 2 aromatic rings. The van der Waals surface area contributed by atoms with Gasteiger partial charge in [0.25, 0.3) is 15.9 Å². The van der Waals surface area contributed by atoms with Crippen LogP contribution >= 0.6 is 0 Å². The van der Waals surface area contributed by atoms with Crippen molar-refractivity contribution >= 4 is 21.6 Å². The smallest absolute Gasteiger partial charge is 0.261 e. The molecule has 28 heavy (non-hydrogen) atoms. The second-order valence-electron chi connectivity index (χ2n) is 6.36. The third-order valence-corrected chi connectivity index (χ3v) is 5.51. The van der Waals surface area contributed by atoms with Gasteiger partial charge in [0, 0.05) is 25.9 Å². The summed E-state index contributed by atoms with van der Waals surface area (Å²) in [6.07, 6.45) is 0.725. The van der Waals surface area contributed by atoms with Crippen LogP contribution in [-0.4, -0.2) is 41.2 Å². The lowest BCUT2D eigenvalue weighted by Gasteiger charge is -2.11. The van der Waals surface area contributed by atoms with E-state index in [0.29, 0.717) is 24.6 Å². The molecule has 152 valence electrons. The van der Waals surface area contributed by atoms with Gasteiger partial charge in [0.05, 0.1) is 4.90 Å². The minimum atomic E-state index is -3.71. The van der Waals surface area contributed by atoms with Crippen LogP contribution in [0.1, 0.15) is 17.5 Å². The van der Waals surface area contributed by atoms with Crippen LogP contribution in [0.3, 0.4) is 0 Å². The van der Waals surface area contributed by atoms with Gasteiger partial charge in [-0.1, -0.05) is 6.07 Å². The Labute approximate surface area is 166 Å². The molecule has 0 aliphatic carbocycles. The van der Waals surface area contributed by atoms with E-state index in [-0.39, 0.29) is 17.4 Å². The topological polar surface area (TPSA) is 93.7 Å². The van der Waals surface area contributed by atoms with Crippen LogP contribution in [0.2, 0.25) is 0 Å². The predicted octanol–water partition coefficient (Wildman–Crippen LogP) is 2.64. The number of ether oxygens (including phenoxy) is 2. The molecule has 0 atom stereocenters. The Morgan fingerprint density at radius 1 is 1.04 bits per heavy atom. The maximum absolute atomic E-state index is 12.5. The summed E-state index contributed by atoms with van der Waals surface area (Å²) in [6, 6.07) is 11.3. The van der Waals surface area contributed by atoms with E-state index >= 15 is 0 Å². The van der Waals surface area contributed by atoms with Crippen LogP contribution in [0, 0.1) is 13.8 Å². The summed E-state index contributed by atoms with van der Waals surface area (Å²) < 4.78 is 37.9. The average Bonchev–Trinajstić information content (AvgIpc) is 2.66. The van der Waals surface area contributed by atoms with Gasteiger partial charge in [0.1, 0.15) is 5.75 Å². The van der Waals surface area contributed by atoms with Crippen molar-refractivity contribution in [2.75, 3.05) is 31.6 Å². The van der Waals surface area contributed by atoms with Crippen molar-refractivity contribution in [2.24, 2.45) is 0 Å². The number of aryl methyl sites for hydroxylation is 2. The van der Waals surface area contributed by atoms with E-state index in [2.05, 4.69) is 10.0 Å². The van der Waals surface area contributed by atoms with E-state index in [4.69, 9.17) is 9.47 Å². The number of nitrogens with one attached hydrogen (secondary N) is 2. The van der Waals surface area contributed by atoms with Crippen molar-refractivity contribution in [3.8, 4) is 5.75 Å². The molecule has 2 rings (SSSR count). The molecular formula is C20H26N2O5S. The standard InChI is InChI=1S/C20H26N2O5S/c1-15-5-6-17(13-16(15)2)22-28(24,25)19-9-7-18(8-10-19)27-14-20(23)21-11-4-12-26-3/h5-10,13,22H,4,11-12,14H2,1-3H3,(H,21,23). The molecule has 0 unspecified atom stereocenters. The Hall–Kier alpha value is -2.58. The molecule has 0 aliphatic heterocycles. The molecule has 0 aliphatic rings. The monoisotopic (exact) mass is 406 g/mol. The van der Waals surface area contributed by atoms with Gasteiger partial charge >= 0.3 is 0 Å². The van der Waals surface area contributed by atoms with Crippen molar-refractivity contribution in [3.05, 3.63) is 53.6 Å². The molecule has 2 aromatic carbocycles. The summed E-state index contributed by atoms with van der Waals surface area (Å²) in [4.78, 5) is 11.8. The van der Waals surface area contributed by atoms with Gasteiger partial charge in [0.2, 0.25) is 0 Å². The fourth-order valence-corrected chi connectivity index (χ4v) is 3.43. The van der Waals surface area contributed by atoms with Crippen LogP contribution in [0.15, 0.2) is 47.4 Å². The van der Waals surface area contributed by atoms with Gasteiger partial charge in [-0.25, -0.2) is 8.42 Å². The van der Waals surface area contributed by atoms with E-state index in [1.807, 2.05) is 19.9 Å². The number of sulfonamides is 1. The van der Waals surface area contributed by atoms with Crippen LogP contribution in [0.4, 0.5) is 5.69 Å². The molecule has 0 heterocycles.